The molecule has 1 aliphatic heterocycles. The first-order valence-electron chi connectivity index (χ1n) is 3.89. The summed E-state index contributed by atoms with van der Waals surface area (Å²) in [7, 11) is 2.16. The Balaban J connectivity index is 2.38. The van der Waals surface area contributed by atoms with E-state index in [1.165, 1.54) is 12.8 Å². The Labute approximate surface area is 58.2 Å². The van der Waals surface area contributed by atoms with Crippen molar-refractivity contribution in [3.8, 4) is 0 Å². The molecule has 3 atom stereocenters. The van der Waals surface area contributed by atoms with Crippen LogP contribution in [0.1, 0.15) is 26.7 Å². The summed E-state index contributed by atoms with van der Waals surface area (Å²) in [6.45, 7) is 4.47. The third-order valence-electron chi connectivity index (χ3n) is 2.15. The standard InChI is InChI=1S/C7H15BO/c1-3-6-5(2)4-7(8)9-6/h5-7H,3-4,8H2,1-2H3/t5-,6+,7+/m1/s1. The van der Waals surface area contributed by atoms with Crippen molar-refractivity contribution in [2.45, 2.75) is 38.8 Å². The van der Waals surface area contributed by atoms with Gasteiger partial charge < -0.3 is 4.74 Å². The molecule has 0 aromatic heterocycles. The summed E-state index contributed by atoms with van der Waals surface area (Å²) >= 11 is 0. The molecule has 1 heterocycles. The monoisotopic (exact) mass is 126 g/mol. The average Bonchev–Trinajstić information content (AvgIpc) is 2.10. The van der Waals surface area contributed by atoms with Gasteiger partial charge in [0.1, 0.15) is 7.85 Å². The van der Waals surface area contributed by atoms with Gasteiger partial charge in [0, 0.05) is 6.00 Å². The Bertz CT molecular complexity index is 94.9. The Hall–Kier alpha value is 0.0249. The van der Waals surface area contributed by atoms with Crippen LogP contribution in [-0.2, 0) is 4.74 Å². The minimum Gasteiger partial charge on any atom is -0.384 e. The zero-order valence-electron chi connectivity index (χ0n) is 6.55. The summed E-state index contributed by atoms with van der Waals surface area (Å²) in [6, 6.07) is 0.505. The molecule has 0 saturated carbocycles. The quantitative estimate of drug-likeness (QED) is 0.471. The van der Waals surface area contributed by atoms with E-state index in [2.05, 4.69) is 21.7 Å². The van der Waals surface area contributed by atoms with E-state index in [0.29, 0.717) is 12.1 Å². The highest BCUT2D eigenvalue weighted by atomic mass is 16.5. The van der Waals surface area contributed by atoms with Gasteiger partial charge in [-0.2, -0.15) is 0 Å². The molecule has 0 spiro atoms. The summed E-state index contributed by atoms with van der Waals surface area (Å²) < 4.78 is 5.62. The molecule has 1 nitrogen and oxygen atoms in total. The molecule has 0 amide bonds. The van der Waals surface area contributed by atoms with Crippen LogP contribution in [0.15, 0.2) is 0 Å². The summed E-state index contributed by atoms with van der Waals surface area (Å²) in [5.74, 6) is 0.782. The van der Waals surface area contributed by atoms with Gasteiger partial charge in [0.15, 0.2) is 0 Å². The first-order chi connectivity index (χ1) is 4.24. The van der Waals surface area contributed by atoms with Crippen molar-refractivity contribution >= 4 is 7.85 Å². The van der Waals surface area contributed by atoms with E-state index >= 15 is 0 Å². The molecular formula is C7H15BO. The van der Waals surface area contributed by atoms with Crippen molar-refractivity contribution in [2.24, 2.45) is 5.92 Å². The summed E-state index contributed by atoms with van der Waals surface area (Å²) in [4.78, 5) is 0. The van der Waals surface area contributed by atoms with Crippen LogP contribution in [0.25, 0.3) is 0 Å². The lowest BCUT2D eigenvalue weighted by atomic mass is 9.91. The second-order valence-corrected chi connectivity index (χ2v) is 3.11. The lowest BCUT2D eigenvalue weighted by Gasteiger charge is -2.10. The molecule has 52 valence electrons. The van der Waals surface area contributed by atoms with Gasteiger partial charge in [-0.25, -0.2) is 0 Å². The van der Waals surface area contributed by atoms with E-state index in [1.807, 2.05) is 0 Å². The topological polar surface area (TPSA) is 9.23 Å². The molecule has 1 fully saturated rings. The molecule has 0 aromatic carbocycles. The minimum absolute atomic E-state index is 0.505. The summed E-state index contributed by atoms with van der Waals surface area (Å²) in [5.41, 5.74) is 0. The summed E-state index contributed by atoms with van der Waals surface area (Å²) in [6.07, 6.45) is 2.96. The van der Waals surface area contributed by atoms with E-state index in [4.69, 9.17) is 4.74 Å². The van der Waals surface area contributed by atoms with Crippen LogP contribution in [0, 0.1) is 5.92 Å². The second kappa shape index (κ2) is 2.74. The third kappa shape index (κ3) is 1.48. The van der Waals surface area contributed by atoms with Crippen molar-refractivity contribution in [3.63, 3.8) is 0 Å². The van der Waals surface area contributed by atoms with Gasteiger partial charge in [-0.15, -0.1) is 0 Å². The zero-order chi connectivity index (χ0) is 6.85. The highest BCUT2D eigenvalue weighted by Crippen LogP contribution is 2.25. The molecule has 0 N–H and O–H groups in total. The van der Waals surface area contributed by atoms with E-state index in [9.17, 15) is 0 Å². The van der Waals surface area contributed by atoms with Crippen LogP contribution in [0.4, 0.5) is 0 Å². The van der Waals surface area contributed by atoms with Crippen LogP contribution >= 0.6 is 0 Å². The van der Waals surface area contributed by atoms with E-state index in [0.717, 1.165) is 5.92 Å². The number of hydrogen-bond acceptors (Lipinski definition) is 1. The normalized spacial score (nSPS) is 43.6. The van der Waals surface area contributed by atoms with Gasteiger partial charge in [-0.3, -0.25) is 0 Å². The minimum atomic E-state index is 0.505. The molecule has 1 aliphatic rings. The van der Waals surface area contributed by atoms with Crippen LogP contribution in [0.2, 0.25) is 0 Å². The van der Waals surface area contributed by atoms with Crippen LogP contribution in [0.3, 0.4) is 0 Å². The van der Waals surface area contributed by atoms with Gasteiger partial charge in [-0.05, 0) is 18.8 Å². The van der Waals surface area contributed by atoms with Gasteiger partial charge in [0.2, 0.25) is 0 Å². The maximum atomic E-state index is 5.62. The van der Waals surface area contributed by atoms with E-state index < -0.39 is 0 Å². The Morgan fingerprint density at radius 1 is 1.67 bits per heavy atom. The van der Waals surface area contributed by atoms with Crippen LogP contribution < -0.4 is 0 Å². The van der Waals surface area contributed by atoms with Crippen LogP contribution in [-0.4, -0.2) is 20.0 Å². The fourth-order valence-electron chi connectivity index (χ4n) is 1.66. The van der Waals surface area contributed by atoms with Crippen molar-refractivity contribution in [1.29, 1.82) is 0 Å². The fraction of sp³-hybridized carbons (Fsp3) is 1.00. The molecule has 1 saturated heterocycles. The lowest BCUT2D eigenvalue weighted by molar-refractivity contribution is 0.0718. The number of hydrogen-bond donors (Lipinski definition) is 0. The maximum Gasteiger partial charge on any atom is 0.139 e. The van der Waals surface area contributed by atoms with E-state index in [1.54, 1.807) is 0 Å². The largest absolute Gasteiger partial charge is 0.384 e. The Morgan fingerprint density at radius 2 is 2.33 bits per heavy atom. The van der Waals surface area contributed by atoms with E-state index in [-0.39, 0.29) is 0 Å². The number of rotatable bonds is 1. The average molecular weight is 126 g/mol. The highest BCUT2D eigenvalue weighted by molar-refractivity contribution is 6.11. The smallest absolute Gasteiger partial charge is 0.139 e. The SMILES string of the molecule is B[C@@H]1C[C@@H](C)[C@H](CC)O1. The van der Waals surface area contributed by atoms with Gasteiger partial charge >= 0.3 is 0 Å². The first kappa shape index (κ1) is 7.14. The van der Waals surface area contributed by atoms with Crippen molar-refractivity contribution in [2.75, 3.05) is 0 Å². The summed E-state index contributed by atoms with van der Waals surface area (Å²) in [5, 5.41) is 0. The lowest BCUT2D eigenvalue weighted by Crippen LogP contribution is -2.12. The molecule has 0 radical (unpaired) electrons. The molecule has 2 heteroatoms. The Morgan fingerprint density at radius 3 is 2.56 bits per heavy atom. The maximum absolute atomic E-state index is 5.62. The molecule has 9 heavy (non-hydrogen) atoms. The van der Waals surface area contributed by atoms with Crippen molar-refractivity contribution < 1.29 is 4.74 Å². The van der Waals surface area contributed by atoms with Crippen LogP contribution in [0.5, 0.6) is 0 Å². The molecule has 0 aliphatic carbocycles. The predicted molar refractivity (Wildman–Crippen MR) is 41.3 cm³/mol. The number of ether oxygens (including phenoxy) is 1. The van der Waals surface area contributed by atoms with Crippen molar-refractivity contribution in [3.05, 3.63) is 0 Å². The van der Waals surface area contributed by atoms with Gasteiger partial charge in [0.25, 0.3) is 0 Å². The predicted octanol–water partition coefficient (Wildman–Crippen LogP) is 0.781. The molecule has 1 rings (SSSR count). The Kier molecular flexibility index (Phi) is 2.17. The molecule has 0 bridgehead atoms. The van der Waals surface area contributed by atoms with Crippen molar-refractivity contribution in [1.82, 2.24) is 0 Å². The fourth-order valence-corrected chi connectivity index (χ4v) is 1.66. The molecule has 0 unspecified atom stereocenters. The highest BCUT2D eigenvalue weighted by Gasteiger charge is 2.27. The molecule has 0 aromatic rings. The first-order valence-corrected chi connectivity index (χ1v) is 3.89. The molecular weight excluding hydrogens is 111 g/mol. The second-order valence-electron chi connectivity index (χ2n) is 3.11. The zero-order valence-corrected chi connectivity index (χ0v) is 6.55. The third-order valence-corrected chi connectivity index (χ3v) is 2.15. The van der Waals surface area contributed by atoms with Gasteiger partial charge in [-0.1, -0.05) is 13.8 Å². The van der Waals surface area contributed by atoms with Gasteiger partial charge in [0.05, 0.1) is 6.10 Å².